The number of carbonyl (C=O) groups excluding carboxylic acids is 1. The maximum absolute atomic E-state index is 13.9. The van der Waals surface area contributed by atoms with E-state index in [1.54, 1.807) is 0 Å². The van der Waals surface area contributed by atoms with Crippen LogP contribution in [0.15, 0.2) is 59.5 Å². The average molecular weight is 408 g/mol. The molecule has 1 amide bonds. The van der Waals surface area contributed by atoms with Crippen LogP contribution in [0.4, 0.5) is 4.39 Å². The number of hydrogen-bond donors (Lipinski definition) is 2. The summed E-state index contributed by atoms with van der Waals surface area (Å²) in [6, 6.07) is 13.8. The summed E-state index contributed by atoms with van der Waals surface area (Å²) in [5.74, 6) is -1.28. The topological polar surface area (TPSA) is 84.5 Å². The molecule has 0 saturated heterocycles. The standard InChI is InChI=1S/C20H25FN2O4S/c1-2-3-11-17(23-28(25,26)19-13-8-7-12-18(19)21)14-20(24)22-27-15-16-9-5-4-6-10-16/h4-10,12-13,17,23H,2-3,11,14-15H2,1H3,(H,22,24)/t17-/m0/s1. The van der Waals surface area contributed by atoms with E-state index in [-0.39, 0.29) is 13.0 Å². The number of carbonyl (C=O) groups is 1. The zero-order valence-electron chi connectivity index (χ0n) is 15.7. The van der Waals surface area contributed by atoms with E-state index in [0.717, 1.165) is 24.5 Å². The predicted molar refractivity (Wildman–Crippen MR) is 104 cm³/mol. The Labute approximate surface area is 165 Å². The van der Waals surface area contributed by atoms with Crippen LogP contribution >= 0.6 is 0 Å². The lowest BCUT2D eigenvalue weighted by molar-refractivity contribution is -0.135. The highest BCUT2D eigenvalue weighted by Gasteiger charge is 2.24. The molecule has 8 heteroatoms. The number of unbranched alkanes of at least 4 members (excludes halogenated alkanes) is 1. The molecule has 2 aromatic carbocycles. The minimum absolute atomic E-state index is 0.109. The Bertz CT molecular complexity index is 860. The maximum Gasteiger partial charge on any atom is 0.245 e. The van der Waals surface area contributed by atoms with Crippen molar-refractivity contribution in [2.75, 3.05) is 0 Å². The molecule has 0 radical (unpaired) electrons. The van der Waals surface area contributed by atoms with Crippen molar-refractivity contribution >= 4 is 15.9 Å². The van der Waals surface area contributed by atoms with Crippen LogP contribution in [0.3, 0.4) is 0 Å². The van der Waals surface area contributed by atoms with E-state index in [1.165, 1.54) is 18.2 Å². The smallest absolute Gasteiger partial charge is 0.245 e. The minimum Gasteiger partial charge on any atom is -0.273 e. The Balaban J connectivity index is 1.94. The molecule has 2 aromatic rings. The molecule has 2 rings (SSSR count). The summed E-state index contributed by atoms with van der Waals surface area (Å²) in [5.41, 5.74) is 3.22. The minimum atomic E-state index is -4.08. The zero-order valence-corrected chi connectivity index (χ0v) is 16.5. The normalized spacial score (nSPS) is 12.5. The van der Waals surface area contributed by atoms with Gasteiger partial charge in [0, 0.05) is 12.5 Å². The molecule has 0 aromatic heterocycles. The van der Waals surface area contributed by atoms with Crippen molar-refractivity contribution < 1.29 is 22.4 Å². The van der Waals surface area contributed by atoms with Gasteiger partial charge in [0.1, 0.15) is 10.7 Å². The van der Waals surface area contributed by atoms with Crippen LogP contribution in [-0.4, -0.2) is 20.4 Å². The van der Waals surface area contributed by atoms with Gasteiger partial charge in [-0.2, -0.15) is 0 Å². The van der Waals surface area contributed by atoms with Crippen LogP contribution in [-0.2, 0) is 26.3 Å². The van der Waals surface area contributed by atoms with Crippen molar-refractivity contribution in [3.05, 3.63) is 66.0 Å². The molecule has 0 aliphatic heterocycles. The van der Waals surface area contributed by atoms with Crippen LogP contribution in [0.25, 0.3) is 0 Å². The number of sulfonamides is 1. The SMILES string of the molecule is CCCC[C@@H](CC(=O)NOCc1ccccc1)NS(=O)(=O)c1ccccc1F. The third kappa shape index (κ3) is 7.03. The fourth-order valence-electron chi connectivity index (χ4n) is 2.64. The largest absolute Gasteiger partial charge is 0.273 e. The van der Waals surface area contributed by atoms with Gasteiger partial charge in [-0.05, 0) is 24.1 Å². The molecule has 0 bridgehead atoms. The third-order valence-electron chi connectivity index (χ3n) is 4.05. The van der Waals surface area contributed by atoms with Gasteiger partial charge >= 0.3 is 0 Å². The van der Waals surface area contributed by atoms with Gasteiger partial charge in [0.15, 0.2) is 0 Å². The number of nitrogens with one attached hydrogen (secondary N) is 2. The first kappa shape index (κ1) is 22.0. The number of rotatable bonds is 11. The fourth-order valence-corrected chi connectivity index (χ4v) is 3.99. The second-order valence-corrected chi connectivity index (χ2v) is 8.08. The molecule has 0 saturated carbocycles. The summed E-state index contributed by atoms with van der Waals surface area (Å²) in [7, 11) is -4.08. The van der Waals surface area contributed by atoms with Crippen molar-refractivity contribution in [3.8, 4) is 0 Å². The highest BCUT2D eigenvalue weighted by Crippen LogP contribution is 2.16. The molecular weight excluding hydrogens is 383 g/mol. The molecular formula is C20H25FN2O4S. The van der Waals surface area contributed by atoms with E-state index in [2.05, 4.69) is 10.2 Å². The van der Waals surface area contributed by atoms with Gasteiger partial charge in [-0.15, -0.1) is 0 Å². The van der Waals surface area contributed by atoms with Crippen LogP contribution < -0.4 is 10.2 Å². The van der Waals surface area contributed by atoms with Gasteiger partial charge in [-0.25, -0.2) is 23.0 Å². The second-order valence-electron chi connectivity index (χ2n) is 6.39. The zero-order chi connectivity index (χ0) is 20.4. The summed E-state index contributed by atoms with van der Waals surface area (Å²) in [5, 5.41) is 0. The second kappa shape index (κ2) is 10.9. The lowest BCUT2D eigenvalue weighted by atomic mass is 10.1. The van der Waals surface area contributed by atoms with E-state index in [9.17, 15) is 17.6 Å². The van der Waals surface area contributed by atoms with Crippen LogP contribution in [0.5, 0.6) is 0 Å². The number of benzene rings is 2. The van der Waals surface area contributed by atoms with E-state index >= 15 is 0 Å². The van der Waals surface area contributed by atoms with Crippen molar-refractivity contribution in [2.45, 2.75) is 50.2 Å². The molecule has 28 heavy (non-hydrogen) atoms. The summed E-state index contributed by atoms with van der Waals surface area (Å²) >= 11 is 0. The Morgan fingerprint density at radius 2 is 1.79 bits per heavy atom. The highest BCUT2D eigenvalue weighted by molar-refractivity contribution is 7.89. The summed E-state index contributed by atoms with van der Waals surface area (Å²) in [6.07, 6.45) is 1.91. The lowest BCUT2D eigenvalue weighted by Gasteiger charge is -2.18. The quantitative estimate of drug-likeness (QED) is 0.559. The lowest BCUT2D eigenvalue weighted by Crippen LogP contribution is -2.39. The Morgan fingerprint density at radius 1 is 1.11 bits per heavy atom. The van der Waals surface area contributed by atoms with Gasteiger partial charge in [0.05, 0.1) is 6.61 Å². The Morgan fingerprint density at radius 3 is 2.46 bits per heavy atom. The van der Waals surface area contributed by atoms with Crippen molar-refractivity contribution in [2.24, 2.45) is 0 Å². The van der Waals surface area contributed by atoms with Crippen molar-refractivity contribution in [3.63, 3.8) is 0 Å². The Kier molecular flexibility index (Phi) is 8.56. The van der Waals surface area contributed by atoms with Gasteiger partial charge in [-0.3, -0.25) is 9.63 Å². The van der Waals surface area contributed by atoms with Crippen molar-refractivity contribution in [1.29, 1.82) is 0 Å². The number of hydroxylamine groups is 1. The number of halogens is 1. The first-order valence-corrected chi connectivity index (χ1v) is 10.6. The van der Waals surface area contributed by atoms with E-state index in [4.69, 9.17) is 4.84 Å². The maximum atomic E-state index is 13.9. The molecule has 1 atom stereocenters. The van der Waals surface area contributed by atoms with Crippen molar-refractivity contribution in [1.82, 2.24) is 10.2 Å². The monoisotopic (exact) mass is 408 g/mol. The van der Waals surface area contributed by atoms with E-state index in [1.807, 2.05) is 37.3 Å². The third-order valence-corrected chi connectivity index (χ3v) is 5.61. The fraction of sp³-hybridized carbons (Fsp3) is 0.350. The van der Waals surface area contributed by atoms with E-state index < -0.39 is 32.7 Å². The molecule has 0 aliphatic carbocycles. The first-order chi connectivity index (χ1) is 13.4. The molecule has 0 unspecified atom stereocenters. The van der Waals surface area contributed by atoms with Gasteiger partial charge < -0.3 is 0 Å². The highest BCUT2D eigenvalue weighted by atomic mass is 32.2. The average Bonchev–Trinajstić information content (AvgIpc) is 2.67. The molecule has 0 aliphatic rings. The van der Waals surface area contributed by atoms with Crippen LogP contribution in [0, 0.1) is 5.82 Å². The van der Waals surface area contributed by atoms with Crippen LogP contribution in [0.1, 0.15) is 38.2 Å². The molecule has 152 valence electrons. The summed E-state index contributed by atoms with van der Waals surface area (Å²) in [4.78, 5) is 16.9. The summed E-state index contributed by atoms with van der Waals surface area (Å²) in [6.45, 7) is 2.17. The molecule has 2 N–H and O–H groups in total. The Hall–Kier alpha value is -2.29. The van der Waals surface area contributed by atoms with Gasteiger partial charge in [-0.1, -0.05) is 62.2 Å². The predicted octanol–water partition coefficient (Wildman–Crippen LogP) is 3.30. The van der Waals surface area contributed by atoms with Gasteiger partial charge in [0.2, 0.25) is 15.9 Å². The molecule has 0 spiro atoms. The molecule has 6 nitrogen and oxygen atoms in total. The van der Waals surface area contributed by atoms with E-state index in [0.29, 0.717) is 6.42 Å². The van der Waals surface area contributed by atoms with Crippen LogP contribution in [0.2, 0.25) is 0 Å². The summed E-state index contributed by atoms with van der Waals surface area (Å²) < 4.78 is 41.3. The number of hydrogen-bond acceptors (Lipinski definition) is 4. The molecule has 0 fully saturated rings. The number of amides is 1. The molecule has 0 heterocycles. The van der Waals surface area contributed by atoms with Gasteiger partial charge in [0.25, 0.3) is 0 Å². The first-order valence-electron chi connectivity index (χ1n) is 9.13.